The number of aromatic nitrogens is 3. The first-order valence-corrected chi connectivity index (χ1v) is 6.23. The van der Waals surface area contributed by atoms with E-state index in [0.29, 0.717) is 5.92 Å². The van der Waals surface area contributed by atoms with Crippen LogP contribution in [-0.4, -0.2) is 21.5 Å². The number of nitrogens with zero attached hydrogens (tertiary/aromatic N) is 3. The molecule has 0 saturated heterocycles. The molecule has 18 heavy (non-hydrogen) atoms. The first-order valence-electron chi connectivity index (χ1n) is 6.23. The molecule has 0 fully saturated rings. The molecule has 1 N–H and O–H groups in total. The SMILES string of the molecule is CCNc1ncnc(-c2cccnc2)c1C(C)C. The molecule has 4 heteroatoms. The predicted octanol–water partition coefficient (Wildman–Crippen LogP) is 3.09. The number of pyridine rings is 1. The summed E-state index contributed by atoms with van der Waals surface area (Å²) in [6.45, 7) is 7.22. The minimum Gasteiger partial charge on any atom is -0.370 e. The van der Waals surface area contributed by atoms with Gasteiger partial charge in [-0.1, -0.05) is 13.8 Å². The summed E-state index contributed by atoms with van der Waals surface area (Å²) >= 11 is 0. The predicted molar refractivity (Wildman–Crippen MR) is 73.5 cm³/mol. The lowest BCUT2D eigenvalue weighted by molar-refractivity contribution is 0.849. The molecule has 0 saturated carbocycles. The van der Waals surface area contributed by atoms with E-state index < -0.39 is 0 Å². The van der Waals surface area contributed by atoms with Crippen molar-refractivity contribution in [2.75, 3.05) is 11.9 Å². The first kappa shape index (κ1) is 12.5. The van der Waals surface area contributed by atoms with E-state index in [-0.39, 0.29) is 0 Å². The van der Waals surface area contributed by atoms with Crippen molar-refractivity contribution in [3.8, 4) is 11.3 Å². The van der Waals surface area contributed by atoms with Crippen LogP contribution in [0.5, 0.6) is 0 Å². The Hall–Kier alpha value is -1.97. The number of anilines is 1. The Morgan fingerprint density at radius 3 is 2.72 bits per heavy atom. The van der Waals surface area contributed by atoms with Crippen LogP contribution in [0.4, 0.5) is 5.82 Å². The van der Waals surface area contributed by atoms with E-state index in [0.717, 1.165) is 29.2 Å². The van der Waals surface area contributed by atoms with Gasteiger partial charge in [-0.25, -0.2) is 9.97 Å². The molecule has 2 aromatic rings. The maximum absolute atomic E-state index is 4.42. The zero-order chi connectivity index (χ0) is 13.0. The Labute approximate surface area is 108 Å². The third-order valence-corrected chi connectivity index (χ3v) is 2.74. The van der Waals surface area contributed by atoms with Gasteiger partial charge in [-0.2, -0.15) is 0 Å². The van der Waals surface area contributed by atoms with Gasteiger partial charge >= 0.3 is 0 Å². The van der Waals surface area contributed by atoms with Crippen LogP contribution in [0.25, 0.3) is 11.3 Å². The van der Waals surface area contributed by atoms with Crippen LogP contribution >= 0.6 is 0 Å². The number of hydrogen-bond acceptors (Lipinski definition) is 4. The molecule has 0 radical (unpaired) electrons. The molecule has 94 valence electrons. The molecular weight excluding hydrogens is 224 g/mol. The highest BCUT2D eigenvalue weighted by Crippen LogP contribution is 2.31. The van der Waals surface area contributed by atoms with Crippen molar-refractivity contribution >= 4 is 5.82 Å². The van der Waals surface area contributed by atoms with Gasteiger partial charge in [0.05, 0.1) is 5.69 Å². The van der Waals surface area contributed by atoms with Crippen molar-refractivity contribution in [3.63, 3.8) is 0 Å². The molecule has 0 aliphatic rings. The molecule has 0 atom stereocenters. The van der Waals surface area contributed by atoms with Gasteiger partial charge in [0.1, 0.15) is 12.1 Å². The number of nitrogens with one attached hydrogen (secondary N) is 1. The van der Waals surface area contributed by atoms with Crippen LogP contribution in [0, 0.1) is 0 Å². The largest absolute Gasteiger partial charge is 0.370 e. The van der Waals surface area contributed by atoms with E-state index in [4.69, 9.17) is 0 Å². The van der Waals surface area contributed by atoms with E-state index in [9.17, 15) is 0 Å². The van der Waals surface area contributed by atoms with Crippen molar-refractivity contribution in [1.29, 1.82) is 0 Å². The summed E-state index contributed by atoms with van der Waals surface area (Å²) in [7, 11) is 0. The standard InChI is InChI=1S/C14H18N4/c1-4-16-14-12(10(2)3)13(17-9-18-14)11-6-5-7-15-8-11/h5-10H,4H2,1-3H3,(H,16,17,18). The molecule has 0 unspecified atom stereocenters. The topological polar surface area (TPSA) is 50.7 Å². The zero-order valence-corrected chi connectivity index (χ0v) is 11.0. The van der Waals surface area contributed by atoms with E-state index >= 15 is 0 Å². The fourth-order valence-electron chi connectivity index (χ4n) is 1.98. The van der Waals surface area contributed by atoms with Crippen LogP contribution in [-0.2, 0) is 0 Å². The molecule has 0 spiro atoms. The lowest BCUT2D eigenvalue weighted by Gasteiger charge is -2.16. The Kier molecular flexibility index (Phi) is 3.87. The highest BCUT2D eigenvalue weighted by molar-refractivity contribution is 5.68. The molecule has 0 amide bonds. The summed E-state index contributed by atoms with van der Waals surface area (Å²) in [5, 5.41) is 3.30. The molecule has 0 aliphatic heterocycles. The van der Waals surface area contributed by atoms with Crippen LogP contribution in [0.15, 0.2) is 30.9 Å². The van der Waals surface area contributed by atoms with Gasteiger partial charge < -0.3 is 5.32 Å². The average Bonchev–Trinajstić information content (AvgIpc) is 2.39. The van der Waals surface area contributed by atoms with Crippen molar-refractivity contribution in [2.45, 2.75) is 26.7 Å². The van der Waals surface area contributed by atoms with Crippen LogP contribution < -0.4 is 5.32 Å². The maximum atomic E-state index is 4.42. The zero-order valence-electron chi connectivity index (χ0n) is 11.0. The second-order valence-corrected chi connectivity index (χ2v) is 4.41. The summed E-state index contributed by atoms with van der Waals surface area (Å²) in [4.78, 5) is 12.9. The molecule has 2 heterocycles. The van der Waals surface area contributed by atoms with Gasteiger partial charge in [0.25, 0.3) is 0 Å². The Morgan fingerprint density at radius 1 is 1.28 bits per heavy atom. The fourth-order valence-corrected chi connectivity index (χ4v) is 1.98. The third-order valence-electron chi connectivity index (χ3n) is 2.74. The van der Waals surface area contributed by atoms with E-state index in [1.54, 1.807) is 12.5 Å². The monoisotopic (exact) mass is 242 g/mol. The molecule has 0 bridgehead atoms. The van der Waals surface area contributed by atoms with E-state index in [1.807, 2.05) is 18.3 Å². The summed E-state index contributed by atoms with van der Waals surface area (Å²) < 4.78 is 0. The lowest BCUT2D eigenvalue weighted by atomic mass is 9.98. The normalized spacial score (nSPS) is 10.7. The fraction of sp³-hybridized carbons (Fsp3) is 0.357. The molecule has 0 aromatic carbocycles. The lowest BCUT2D eigenvalue weighted by Crippen LogP contribution is -2.07. The van der Waals surface area contributed by atoms with Gasteiger partial charge in [0.15, 0.2) is 0 Å². The maximum Gasteiger partial charge on any atom is 0.133 e. The van der Waals surface area contributed by atoms with Crippen LogP contribution in [0.3, 0.4) is 0 Å². The Balaban J connectivity index is 2.56. The van der Waals surface area contributed by atoms with Crippen molar-refractivity contribution in [3.05, 3.63) is 36.4 Å². The summed E-state index contributed by atoms with van der Waals surface area (Å²) in [6.07, 6.45) is 5.21. The minimum absolute atomic E-state index is 0.357. The Bertz CT molecular complexity index is 508. The summed E-state index contributed by atoms with van der Waals surface area (Å²) in [6, 6.07) is 3.95. The molecular formula is C14H18N4. The molecule has 4 nitrogen and oxygen atoms in total. The highest BCUT2D eigenvalue weighted by atomic mass is 15.0. The van der Waals surface area contributed by atoms with Gasteiger partial charge in [-0.15, -0.1) is 0 Å². The van der Waals surface area contributed by atoms with Crippen LogP contribution in [0.2, 0.25) is 0 Å². The van der Waals surface area contributed by atoms with E-state index in [1.165, 1.54) is 0 Å². The van der Waals surface area contributed by atoms with Gasteiger partial charge in [-0.3, -0.25) is 4.98 Å². The number of rotatable bonds is 4. The highest BCUT2D eigenvalue weighted by Gasteiger charge is 2.15. The summed E-state index contributed by atoms with van der Waals surface area (Å²) in [5.41, 5.74) is 3.14. The molecule has 0 aliphatic carbocycles. The van der Waals surface area contributed by atoms with E-state index in [2.05, 4.69) is 41.0 Å². The molecule has 2 rings (SSSR count). The van der Waals surface area contributed by atoms with Crippen LogP contribution in [0.1, 0.15) is 32.3 Å². The quantitative estimate of drug-likeness (QED) is 0.895. The van der Waals surface area contributed by atoms with Gasteiger partial charge in [-0.05, 0) is 25.0 Å². The summed E-state index contributed by atoms with van der Waals surface area (Å²) in [5.74, 6) is 1.27. The minimum atomic E-state index is 0.357. The van der Waals surface area contributed by atoms with Crippen molar-refractivity contribution in [1.82, 2.24) is 15.0 Å². The third kappa shape index (κ3) is 2.47. The second-order valence-electron chi connectivity index (χ2n) is 4.41. The number of hydrogen-bond donors (Lipinski definition) is 1. The Morgan fingerprint density at radius 2 is 2.11 bits per heavy atom. The molecule has 2 aromatic heterocycles. The van der Waals surface area contributed by atoms with Gasteiger partial charge in [0.2, 0.25) is 0 Å². The van der Waals surface area contributed by atoms with Crippen molar-refractivity contribution in [2.24, 2.45) is 0 Å². The first-order chi connectivity index (χ1) is 8.74. The average molecular weight is 242 g/mol. The second kappa shape index (κ2) is 5.58. The van der Waals surface area contributed by atoms with Gasteiger partial charge in [0, 0.05) is 30.1 Å². The smallest absolute Gasteiger partial charge is 0.133 e. The van der Waals surface area contributed by atoms with Crippen molar-refractivity contribution < 1.29 is 0 Å².